The number of rotatable bonds is 3. The zero-order chi connectivity index (χ0) is 18.1. The number of phenolic OH excluding ortho intramolecular Hbond substituents is 1. The minimum Gasteiger partial charge on any atom is -0.508 e. The number of hydrogen-bond acceptors (Lipinski definition) is 5. The Labute approximate surface area is 134 Å². The zero-order valence-corrected chi connectivity index (χ0v) is 12.4. The Balaban J connectivity index is 2.57. The number of aliphatic hydroxyl groups is 1. The first-order valence-corrected chi connectivity index (χ1v) is 6.93. The maximum atomic E-state index is 13.4. The van der Waals surface area contributed by atoms with E-state index >= 15 is 0 Å². The van der Waals surface area contributed by atoms with Gasteiger partial charge in [0.05, 0.1) is 12.6 Å². The van der Waals surface area contributed by atoms with Crippen molar-refractivity contribution in [1.82, 2.24) is 10.6 Å². The zero-order valence-electron chi connectivity index (χ0n) is 12.4. The number of benzene rings is 1. The Kier molecular flexibility index (Phi) is 4.61. The van der Waals surface area contributed by atoms with Gasteiger partial charge in [0.2, 0.25) is 0 Å². The number of phenols is 1. The molecule has 24 heavy (non-hydrogen) atoms. The summed E-state index contributed by atoms with van der Waals surface area (Å²) in [5.74, 6) is -3.84. The maximum Gasteiger partial charge on any atom is 0.437 e. The number of aromatic hydroxyl groups is 1. The number of nitrogens with one attached hydrogen (secondary N) is 2. The third-order valence-electron chi connectivity index (χ3n) is 3.58. The van der Waals surface area contributed by atoms with Gasteiger partial charge in [0, 0.05) is 0 Å². The van der Waals surface area contributed by atoms with Crippen molar-refractivity contribution in [2.24, 2.45) is 5.92 Å². The van der Waals surface area contributed by atoms with E-state index in [1.165, 1.54) is 30.4 Å². The first kappa shape index (κ1) is 17.9. The number of halogens is 3. The number of esters is 1. The Bertz CT molecular complexity index is 652. The number of amides is 2. The Morgan fingerprint density at radius 1 is 1.42 bits per heavy atom. The van der Waals surface area contributed by atoms with Gasteiger partial charge in [-0.2, -0.15) is 13.2 Å². The molecule has 132 valence electrons. The Morgan fingerprint density at radius 3 is 2.62 bits per heavy atom. The second-order valence-electron chi connectivity index (χ2n) is 5.16. The predicted octanol–water partition coefficient (Wildman–Crippen LogP) is 1.18. The molecule has 0 aliphatic carbocycles. The molecule has 7 nitrogen and oxygen atoms in total. The fourth-order valence-corrected chi connectivity index (χ4v) is 2.53. The van der Waals surface area contributed by atoms with E-state index in [2.05, 4.69) is 10.1 Å². The SMILES string of the molecule is CCOC(=O)[C@@H]1[C@H](c2cccc(O)c2)NC(=O)N[C@@]1(O)C(F)(F)F. The van der Waals surface area contributed by atoms with Crippen LogP contribution >= 0.6 is 0 Å². The summed E-state index contributed by atoms with van der Waals surface area (Å²) in [5.41, 5.74) is -3.82. The van der Waals surface area contributed by atoms with Crippen molar-refractivity contribution < 1.29 is 37.7 Å². The van der Waals surface area contributed by atoms with Gasteiger partial charge in [0.15, 0.2) is 0 Å². The van der Waals surface area contributed by atoms with E-state index in [0.717, 1.165) is 6.07 Å². The van der Waals surface area contributed by atoms with Crippen LogP contribution in [-0.2, 0) is 9.53 Å². The smallest absolute Gasteiger partial charge is 0.437 e. The van der Waals surface area contributed by atoms with Gasteiger partial charge in [-0.25, -0.2) is 4.79 Å². The van der Waals surface area contributed by atoms with Crippen molar-refractivity contribution in [3.05, 3.63) is 29.8 Å². The van der Waals surface area contributed by atoms with Crippen LogP contribution < -0.4 is 10.6 Å². The molecular formula is C14H15F3N2O5. The fourth-order valence-electron chi connectivity index (χ4n) is 2.53. The normalized spacial score (nSPS) is 27.1. The largest absolute Gasteiger partial charge is 0.508 e. The minimum atomic E-state index is -5.34. The summed E-state index contributed by atoms with van der Waals surface area (Å²) in [5, 5.41) is 23.1. The molecule has 10 heteroatoms. The average molecular weight is 348 g/mol. The van der Waals surface area contributed by atoms with Crippen LogP contribution in [0.1, 0.15) is 18.5 Å². The molecule has 0 bridgehead atoms. The number of carbonyl (C=O) groups excluding carboxylic acids is 2. The van der Waals surface area contributed by atoms with E-state index in [0.29, 0.717) is 0 Å². The molecule has 1 aliphatic rings. The highest BCUT2D eigenvalue weighted by molar-refractivity contribution is 5.83. The number of carbonyl (C=O) groups is 2. The number of urea groups is 1. The first-order valence-electron chi connectivity index (χ1n) is 6.93. The molecule has 3 atom stereocenters. The van der Waals surface area contributed by atoms with E-state index < -0.39 is 35.9 Å². The lowest BCUT2D eigenvalue weighted by molar-refractivity contribution is -0.294. The standard InChI is InChI=1S/C14H15F3N2O5/c1-2-24-11(21)9-10(7-4-3-5-8(20)6-7)18-12(22)19-13(9,23)14(15,16)17/h3-6,9-10,20,23H,2H2,1H3,(H2,18,19,22)/t9-,10-,13-/m0/s1. The molecule has 1 aromatic carbocycles. The molecule has 4 N–H and O–H groups in total. The van der Waals surface area contributed by atoms with Gasteiger partial charge in [0.25, 0.3) is 5.72 Å². The summed E-state index contributed by atoms with van der Waals surface area (Å²) in [4.78, 5) is 23.7. The molecule has 0 radical (unpaired) electrons. The second kappa shape index (κ2) is 6.19. The number of alkyl halides is 3. The number of hydrogen-bond donors (Lipinski definition) is 4. The quantitative estimate of drug-likeness (QED) is 0.614. The van der Waals surface area contributed by atoms with E-state index in [9.17, 15) is 33.0 Å². The molecule has 0 unspecified atom stereocenters. The van der Waals surface area contributed by atoms with Crippen LogP contribution in [0.15, 0.2) is 24.3 Å². The minimum absolute atomic E-state index is 0.00516. The first-order chi connectivity index (χ1) is 11.1. The van der Waals surface area contributed by atoms with E-state index in [4.69, 9.17) is 0 Å². The van der Waals surface area contributed by atoms with Gasteiger partial charge in [0.1, 0.15) is 11.7 Å². The molecule has 1 aromatic rings. The van der Waals surface area contributed by atoms with E-state index in [1.807, 2.05) is 0 Å². The van der Waals surface area contributed by atoms with Crippen molar-refractivity contribution in [3.63, 3.8) is 0 Å². The molecule has 1 aliphatic heterocycles. The monoisotopic (exact) mass is 348 g/mol. The van der Waals surface area contributed by atoms with Gasteiger partial charge in [-0.05, 0) is 24.6 Å². The van der Waals surface area contributed by atoms with Crippen molar-refractivity contribution in [2.45, 2.75) is 24.9 Å². The highest BCUT2D eigenvalue weighted by Crippen LogP contribution is 2.43. The van der Waals surface area contributed by atoms with Gasteiger partial charge in [-0.15, -0.1) is 0 Å². The molecule has 0 spiro atoms. The molecule has 1 fully saturated rings. The average Bonchev–Trinajstić information content (AvgIpc) is 2.45. The summed E-state index contributed by atoms with van der Waals surface area (Å²) in [7, 11) is 0. The third kappa shape index (κ3) is 3.09. The van der Waals surface area contributed by atoms with Crippen molar-refractivity contribution >= 4 is 12.0 Å². The molecule has 0 aromatic heterocycles. The van der Waals surface area contributed by atoms with Gasteiger partial charge in [-0.1, -0.05) is 12.1 Å². The lowest BCUT2D eigenvalue weighted by Crippen LogP contribution is -2.73. The predicted molar refractivity (Wildman–Crippen MR) is 73.6 cm³/mol. The second-order valence-corrected chi connectivity index (χ2v) is 5.16. The van der Waals surface area contributed by atoms with Crippen LogP contribution in [-0.4, -0.2) is 40.7 Å². The van der Waals surface area contributed by atoms with Gasteiger partial charge < -0.3 is 25.6 Å². The highest BCUT2D eigenvalue weighted by atomic mass is 19.4. The number of ether oxygens (including phenoxy) is 1. The highest BCUT2D eigenvalue weighted by Gasteiger charge is 2.67. The maximum absolute atomic E-state index is 13.4. The third-order valence-corrected chi connectivity index (χ3v) is 3.58. The van der Waals surface area contributed by atoms with Crippen molar-refractivity contribution in [3.8, 4) is 5.75 Å². The lowest BCUT2D eigenvalue weighted by Gasteiger charge is -2.44. The van der Waals surface area contributed by atoms with Crippen LogP contribution in [0, 0.1) is 5.92 Å². The molecular weight excluding hydrogens is 333 g/mol. The molecule has 0 saturated carbocycles. The van der Waals surface area contributed by atoms with E-state index in [-0.39, 0.29) is 17.9 Å². The van der Waals surface area contributed by atoms with Crippen LogP contribution in [0.4, 0.5) is 18.0 Å². The van der Waals surface area contributed by atoms with Crippen molar-refractivity contribution in [1.29, 1.82) is 0 Å². The summed E-state index contributed by atoms with van der Waals surface area (Å²) in [6.45, 7) is 1.17. The Morgan fingerprint density at radius 2 is 2.08 bits per heavy atom. The summed E-state index contributed by atoms with van der Waals surface area (Å²) in [6, 6.07) is 2.11. The van der Waals surface area contributed by atoms with Gasteiger partial charge in [-0.3, -0.25) is 4.79 Å². The van der Waals surface area contributed by atoms with Crippen LogP contribution in [0.5, 0.6) is 5.75 Å². The van der Waals surface area contributed by atoms with Gasteiger partial charge >= 0.3 is 18.2 Å². The summed E-state index contributed by atoms with van der Waals surface area (Å²) >= 11 is 0. The van der Waals surface area contributed by atoms with E-state index in [1.54, 1.807) is 0 Å². The van der Waals surface area contributed by atoms with Crippen LogP contribution in [0.2, 0.25) is 0 Å². The lowest BCUT2D eigenvalue weighted by atomic mass is 9.82. The molecule has 1 heterocycles. The van der Waals surface area contributed by atoms with Crippen molar-refractivity contribution in [2.75, 3.05) is 6.61 Å². The van der Waals surface area contributed by atoms with Crippen LogP contribution in [0.25, 0.3) is 0 Å². The molecule has 2 rings (SSSR count). The van der Waals surface area contributed by atoms with Crippen LogP contribution in [0.3, 0.4) is 0 Å². The summed E-state index contributed by atoms with van der Waals surface area (Å²) < 4.78 is 44.7. The molecule has 1 saturated heterocycles. The summed E-state index contributed by atoms with van der Waals surface area (Å²) in [6.07, 6.45) is -5.34. The topological polar surface area (TPSA) is 108 Å². The fraction of sp³-hybridized carbons (Fsp3) is 0.429. The Hall–Kier alpha value is -2.49. The molecule has 2 amide bonds.